The summed E-state index contributed by atoms with van der Waals surface area (Å²) in [6, 6.07) is 12.3. The van der Waals surface area contributed by atoms with Gasteiger partial charge in [-0.2, -0.15) is 0 Å². The zero-order chi connectivity index (χ0) is 24.5. The topological polar surface area (TPSA) is 162 Å². The Morgan fingerprint density at radius 2 is 1.65 bits per heavy atom. The molecule has 0 spiro atoms. The first-order valence-corrected chi connectivity index (χ1v) is 12.3. The number of sulfonamides is 1. The molecule has 5 N–H and O–H groups in total. The first-order chi connectivity index (χ1) is 16.2. The van der Waals surface area contributed by atoms with Crippen molar-refractivity contribution in [3.05, 3.63) is 54.4 Å². The number of nitrogens with zero attached hydrogens (tertiary/aromatic N) is 2. The van der Waals surface area contributed by atoms with Gasteiger partial charge in [-0.3, -0.25) is 5.21 Å². The Morgan fingerprint density at radius 1 is 1.06 bits per heavy atom. The Labute approximate surface area is 197 Å². The van der Waals surface area contributed by atoms with E-state index in [0.717, 1.165) is 5.56 Å². The molecular weight excluding hydrogens is 460 g/mol. The van der Waals surface area contributed by atoms with E-state index in [1.807, 2.05) is 24.3 Å². The minimum Gasteiger partial charge on any atom is -0.497 e. The van der Waals surface area contributed by atoms with E-state index >= 15 is 0 Å². The fraction of sp³-hybridized carbons (Fsp3) is 0.304. The smallest absolute Gasteiger partial charge is 0.338 e. The van der Waals surface area contributed by atoms with Crippen molar-refractivity contribution >= 4 is 16.1 Å². The number of hydrogen-bond acceptors (Lipinski definition) is 7. The fourth-order valence-corrected chi connectivity index (χ4v) is 4.71. The van der Waals surface area contributed by atoms with Crippen molar-refractivity contribution in [3.63, 3.8) is 0 Å². The minimum atomic E-state index is -3.82. The molecule has 0 bridgehead atoms. The van der Waals surface area contributed by atoms with Crippen LogP contribution in [0.3, 0.4) is 0 Å². The van der Waals surface area contributed by atoms with Gasteiger partial charge in [0.2, 0.25) is 10.0 Å². The molecule has 0 saturated heterocycles. The predicted molar refractivity (Wildman–Crippen MR) is 124 cm³/mol. The van der Waals surface area contributed by atoms with Crippen molar-refractivity contribution in [1.29, 1.82) is 0 Å². The van der Waals surface area contributed by atoms with E-state index in [1.165, 1.54) is 12.1 Å². The lowest BCUT2D eigenvalue weighted by molar-refractivity contribution is -0.0854. The van der Waals surface area contributed by atoms with Crippen LogP contribution in [0.5, 0.6) is 5.75 Å². The predicted octanol–water partition coefficient (Wildman–Crippen LogP) is 3.46. The molecule has 0 unspecified atom stereocenters. The summed E-state index contributed by atoms with van der Waals surface area (Å²) in [7, 11) is -2.23. The maximum atomic E-state index is 11.6. The molecule has 0 radical (unpaired) electrons. The molecule has 10 nitrogen and oxygen atoms in total. The molecule has 1 aromatic heterocycles. The summed E-state index contributed by atoms with van der Waals surface area (Å²) in [6.07, 6.45) is 2.42. The molecule has 180 valence electrons. The Bertz CT molecular complexity index is 1260. The van der Waals surface area contributed by atoms with Gasteiger partial charge in [0, 0.05) is 17.0 Å². The van der Waals surface area contributed by atoms with Crippen molar-refractivity contribution in [1.82, 2.24) is 10.0 Å². The van der Waals surface area contributed by atoms with Crippen LogP contribution in [-0.4, -0.2) is 42.9 Å². The van der Waals surface area contributed by atoms with E-state index in [4.69, 9.17) is 25.0 Å². The van der Waals surface area contributed by atoms with Crippen LogP contribution in [-0.2, 0) is 10.0 Å². The molecule has 11 heteroatoms. The largest absolute Gasteiger partial charge is 0.497 e. The normalized spacial score (nSPS) is 18.4. The standard InChI is InChI=1S/C23H26N4O6S/c1-32-18-10-4-14(5-11-18)20-21(15-6-12-19(13-7-15)34(25,30)31)33-22(26-20)16-2-8-17(9-3-16)27(29)23(24)28/h4-7,10-13,16-17,29H,2-3,8-9H2,1H3,(H2,24,28)(H2,25,30,31). The fourth-order valence-electron chi connectivity index (χ4n) is 4.19. The second-order valence-corrected chi connectivity index (χ2v) is 9.78. The summed E-state index contributed by atoms with van der Waals surface area (Å²) in [5.74, 6) is 1.74. The molecule has 0 atom stereocenters. The third-order valence-electron chi connectivity index (χ3n) is 6.07. The Balaban J connectivity index is 1.68. The molecule has 1 fully saturated rings. The lowest BCUT2D eigenvalue weighted by atomic mass is 9.86. The molecule has 1 saturated carbocycles. The SMILES string of the molecule is COc1ccc(-c2nc(C3CCC(N(O)C(N)=O)CC3)oc2-c2ccc(S(N)(=O)=O)cc2)cc1. The summed E-state index contributed by atoms with van der Waals surface area (Å²) in [6.45, 7) is 0. The highest BCUT2D eigenvalue weighted by Crippen LogP contribution is 2.40. The van der Waals surface area contributed by atoms with E-state index in [0.29, 0.717) is 59.4 Å². The molecule has 4 rings (SSSR count). The number of aromatic nitrogens is 1. The van der Waals surface area contributed by atoms with Crippen molar-refractivity contribution in [2.75, 3.05) is 7.11 Å². The van der Waals surface area contributed by atoms with Gasteiger partial charge in [-0.05, 0) is 74.2 Å². The summed E-state index contributed by atoms with van der Waals surface area (Å²) < 4.78 is 34.7. The van der Waals surface area contributed by atoms with Crippen molar-refractivity contribution in [2.24, 2.45) is 10.9 Å². The minimum absolute atomic E-state index is 0.00307. The number of primary amides is 1. The molecule has 3 aromatic rings. The molecule has 2 aromatic carbocycles. The van der Waals surface area contributed by atoms with Gasteiger partial charge in [-0.15, -0.1) is 0 Å². The summed E-state index contributed by atoms with van der Waals surface area (Å²) in [5.41, 5.74) is 7.25. The lowest BCUT2D eigenvalue weighted by Gasteiger charge is -2.30. The monoisotopic (exact) mass is 486 g/mol. The van der Waals surface area contributed by atoms with Crippen LogP contribution in [0.15, 0.2) is 57.8 Å². The van der Waals surface area contributed by atoms with Gasteiger partial charge >= 0.3 is 6.03 Å². The molecule has 1 heterocycles. The van der Waals surface area contributed by atoms with E-state index in [2.05, 4.69) is 0 Å². The number of methoxy groups -OCH3 is 1. The number of nitrogens with two attached hydrogens (primary N) is 2. The number of hydrogen-bond donors (Lipinski definition) is 3. The van der Waals surface area contributed by atoms with Crippen LogP contribution >= 0.6 is 0 Å². The number of ether oxygens (including phenoxy) is 1. The highest BCUT2D eigenvalue weighted by molar-refractivity contribution is 7.89. The molecule has 34 heavy (non-hydrogen) atoms. The highest BCUT2D eigenvalue weighted by atomic mass is 32.2. The van der Waals surface area contributed by atoms with E-state index in [-0.39, 0.29) is 16.9 Å². The number of primary sulfonamides is 1. The van der Waals surface area contributed by atoms with E-state index in [1.54, 1.807) is 19.2 Å². The second kappa shape index (κ2) is 9.45. The molecular formula is C23H26N4O6S. The lowest BCUT2D eigenvalue weighted by Crippen LogP contribution is -2.42. The molecule has 1 aliphatic carbocycles. The summed E-state index contributed by atoms with van der Waals surface area (Å²) in [5, 5.41) is 15.6. The second-order valence-electron chi connectivity index (χ2n) is 8.22. The number of hydroxylamine groups is 2. The van der Waals surface area contributed by atoms with Gasteiger partial charge in [-0.25, -0.2) is 28.4 Å². The van der Waals surface area contributed by atoms with Crippen molar-refractivity contribution in [3.8, 4) is 28.3 Å². The third-order valence-corrected chi connectivity index (χ3v) is 7.00. The van der Waals surface area contributed by atoms with Crippen LogP contribution in [0.25, 0.3) is 22.6 Å². The number of amides is 2. The highest BCUT2D eigenvalue weighted by Gasteiger charge is 2.31. The van der Waals surface area contributed by atoms with Crippen LogP contribution in [0, 0.1) is 0 Å². The molecule has 1 aliphatic rings. The number of oxazole rings is 1. The first-order valence-electron chi connectivity index (χ1n) is 10.7. The summed E-state index contributed by atoms with van der Waals surface area (Å²) >= 11 is 0. The maximum absolute atomic E-state index is 11.6. The Hall–Kier alpha value is -3.41. The Kier molecular flexibility index (Phi) is 6.60. The number of rotatable bonds is 6. The zero-order valence-corrected chi connectivity index (χ0v) is 19.4. The summed E-state index contributed by atoms with van der Waals surface area (Å²) in [4.78, 5) is 16.1. The quantitative estimate of drug-likeness (QED) is 0.355. The van der Waals surface area contributed by atoms with E-state index in [9.17, 15) is 18.4 Å². The average molecular weight is 487 g/mol. The van der Waals surface area contributed by atoms with Gasteiger partial charge in [-0.1, -0.05) is 0 Å². The number of carbonyl (C=O) groups is 1. The molecule has 0 aliphatic heterocycles. The third kappa shape index (κ3) is 4.91. The van der Waals surface area contributed by atoms with Gasteiger partial charge in [0.05, 0.1) is 18.0 Å². The van der Waals surface area contributed by atoms with Crippen LogP contribution in [0.4, 0.5) is 4.79 Å². The van der Waals surface area contributed by atoms with Crippen molar-refractivity contribution < 1.29 is 27.6 Å². The zero-order valence-electron chi connectivity index (χ0n) is 18.5. The van der Waals surface area contributed by atoms with E-state index < -0.39 is 16.1 Å². The van der Waals surface area contributed by atoms with Crippen LogP contribution in [0.1, 0.15) is 37.5 Å². The maximum Gasteiger partial charge on any atom is 0.338 e. The molecule has 2 amide bonds. The van der Waals surface area contributed by atoms with Crippen LogP contribution < -0.4 is 15.6 Å². The number of carbonyl (C=O) groups excluding carboxylic acids is 1. The average Bonchev–Trinajstić information content (AvgIpc) is 3.28. The van der Waals surface area contributed by atoms with Gasteiger partial charge in [0.25, 0.3) is 0 Å². The van der Waals surface area contributed by atoms with Crippen molar-refractivity contribution in [2.45, 2.75) is 42.5 Å². The first kappa shape index (κ1) is 23.7. The Morgan fingerprint density at radius 3 is 2.18 bits per heavy atom. The number of urea groups is 1. The van der Waals surface area contributed by atoms with Gasteiger partial charge < -0.3 is 14.9 Å². The number of benzene rings is 2. The van der Waals surface area contributed by atoms with Crippen LogP contribution in [0.2, 0.25) is 0 Å². The van der Waals surface area contributed by atoms with Gasteiger partial charge in [0.1, 0.15) is 11.4 Å². The van der Waals surface area contributed by atoms with Gasteiger partial charge in [0.15, 0.2) is 11.7 Å².